The molecule has 20 heavy (non-hydrogen) atoms. The highest BCUT2D eigenvalue weighted by atomic mass is 79.9. The van der Waals surface area contributed by atoms with Crippen LogP contribution in [0.4, 0.5) is 0 Å². The summed E-state index contributed by atoms with van der Waals surface area (Å²) < 4.78 is 7.29. The Morgan fingerprint density at radius 1 is 1.35 bits per heavy atom. The fourth-order valence-corrected chi connectivity index (χ4v) is 3.48. The standard InChI is InChI=1S/C17H23BrO2/c1-5-17(6-2)15(19)10-16(17)20-14-8-7-12(18)9-13(14)11(3)4/h7-9,11,16H,5-6,10H2,1-4H3. The zero-order chi connectivity index (χ0) is 14.9. The Kier molecular flexibility index (Phi) is 4.58. The van der Waals surface area contributed by atoms with E-state index in [1.165, 1.54) is 5.56 Å². The fourth-order valence-electron chi connectivity index (χ4n) is 3.10. The number of Topliss-reactive ketones (excluding diaryl/α,β-unsaturated/α-hetero) is 1. The lowest BCUT2D eigenvalue weighted by molar-refractivity contribution is -0.153. The molecule has 1 aromatic carbocycles. The zero-order valence-corrected chi connectivity index (χ0v) is 14.3. The van der Waals surface area contributed by atoms with Crippen molar-refractivity contribution in [3.05, 3.63) is 28.2 Å². The predicted octanol–water partition coefficient (Wildman–Crippen LogP) is 5.10. The van der Waals surface area contributed by atoms with Crippen molar-refractivity contribution in [2.75, 3.05) is 0 Å². The van der Waals surface area contributed by atoms with Crippen molar-refractivity contribution in [3.8, 4) is 5.75 Å². The molecule has 0 heterocycles. The van der Waals surface area contributed by atoms with Gasteiger partial charge in [0.1, 0.15) is 17.6 Å². The van der Waals surface area contributed by atoms with E-state index in [2.05, 4.69) is 49.7 Å². The van der Waals surface area contributed by atoms with Gasteiger partial charge < -0.3 is 4.74 Å². The Morgan fingerprint density at radius 2 is 2.00 bits per heavy atom. The number of hydrogen-bond acceptors (Lipinski definition) is 2. The molecule has 0 amide bonds. The molecule has 0 bridgehead atoms. The Morgan fingerprint density at radius 3 is 2.50 bits per heavy atom. The molecule has 0 aromatic heterocycles. The third kappa shape index (κ3) is 2.52. The topological polar surface area (TPSA) is 26.3 Å². The lowest BCUT2D eigenvalue weighted by atomic mass is 9.61. The SMILES string of the molecule is CCC1(CC)C(=O)CC1Oc1ccc(Br)cc1C(C)C. The van der Waals surface area contributed by atoms with Crippen molar-refractivity contribution in [2.24, 2.45) is 5.41 Å². The minimum Gasteiger partial charge on any atom is -0.489 e. The number of carbonyl (C=O) groups is 1. The fraction of sp³-hybridized carbons (Fsp3) is 0.588. The van der Waals surface area contributed by atoms with Crippen molar-refractivity contribution >= 4 is 21.7 Å². The van der Waals surface area contributed by atoms with Crippen LogP contribution in [0.3, 0.4) is 0 Å². The van der Waals surface area contributed by atoms with Gasteiger partial charge in [-0.2, -0.15) is 0 Å². The smallest absolute Gasteiger partial charge is 0.146 e. The number of halogens is 1. The van der Waals surface area contributed by atoms with Crippen LogP contribution in [0.5, 0.6) is 5.75 Å². The molecular formula is C17H23BrO2. The quantitative estimate of drug-likeness (QED) is 0.746. The molecule has 110 valence electrons. The molecule has 1 unspecified atom stereocenters. The average Bonchev–Trinajstić information content (AvgIpc) is 2.41. The van der Waals surface area contributed by atoms with E-state index in [1.54, 1.807) is 0 Å². The third-order valence-corrected chi connectivity index (χ3v) is 5.16. The lowest BCUT2D eigenvalue weighted by Gasteiger charge is -2.46. The first-order valence-electron chi connectivity index (χ1n) is 7.44. The second-order valence-electron chi connectivity index (χ2n) is 5.93. The normalized spacial score (nSPS) is 20.9. The van der Waals surface area contributed by atoms with Gasteiger partial charge in [0.05, 0.1) is 5.41 Å². The molecule has 1 atom stereocenters. The van der Waals surface area contributed by atoms with Crippen LogP contribution < -0.4 is 4.74 Å². The van der Waals surface area contributed by atoms with E-state index in [4.69, 9.17) is 4.74 Å². The summed E-state index contributed by atoms with van der Waals surface area (Å²) in [6.07, 6.45) is 2.31. The number of ketones is 1. The van der Waals surface area contributed by atoms with Gasteiger partial charge in [-0.25, -0.2) is 0 Å². The number of ether oxygens (including phenoxy) is 1. The van der Waals surface area contributed by atoms with Crippen molar-refractivity contribution in [3.63, 3.8) is 0 Å². The highest BCUT2D eigenvalue weighted by Gasteiger charge is 2.54. The van der Waals surface area contributed by atoms with E-state index in [-0.39, 0.29) is 11.5 Å². The summed E-state index contributed by atoms with van der Waals surface area (Å²) in [5, 5.41) is 0. The molecule has 1 aliphatic carbocycles. The molecule has 1 saturated carbocycles. The molecule has 2 rings (SSSR count). The van der Waals surface area contributed by atoms with Crippen LogP contribution in [0.1, 0.15) is 58.4 Å². The zero-order valence-electron chi connectivity index (χ0n) is 12.7. The largest absolute Gasteiger partial charge is 0.489 e. The second-order valence-corrected chi connectivity index (χ2v) is 6.85. The van der Waals surface area contributed by atoms with E-state index in [9.17, 15) is 4.79 Å². The van der Waals surface area contributed by atoms with E-state index in [1.807, 2.05) is 12.1 Å². The van der Waals surface area contributed by atoms with Crippen LogP contribution in [-0.2, 0) is 4.79 Å². The van der Waals surface area contributed by atoms with Gasteiger partial charge >= 0.3 is 0 Å². The maximum atomic E-state index is 12.0. The number of carbonyl (C=O) groups excluding carboxylic acids is 1. The lowest BCUT2D eigenvalue weighted by Crippen LogP contribution is -2.56. The van der Waals surface area contributed by atoms with Gasteiger partial charge in [-0.3, -0.25) is 4.79 Å². The Hall–Kier alpha value is -0.830. The Labute approximate surface area is 130 Å². The Balaban J connectivity index is 2.25. The number of rotatable bonds is 5. The maximum absolute atomic E-state index is 12.0. The molecule has 0 spiro atoms. The van der Waals surface area contributed by atoms with Crippen LogP contribution in [0, 0.1) is 5.41 Å². The van der Waals surface area contributed by atoms with Crippen LogP contribution in [-0.4, -0.2) is 11.9 Å². The Bertz CT molecular complexity index is 504. The summed E-state index contributed by atoms with van der Waals surface area (Å²) in [7, 11) is 0. The van der Waals surface area contributed by atoms with Gasteiger partial charge in [-0.05, 0) is 42.5 Å². The molecule has 3 heteroatoms. The van der Waals surface area contributed by atoms with Gasteiger partial charge in [-0.1, -0.05) is 43.6 Å². The average molecular weight is 339 g/mol. The first-order chi connectivity index (χ1) is 9.44. The number of benzene rings is 1. The van der Waals surface area contributed by atoms with E-state index >= 15 is 0 Å². The summed E-state index contributed by atoms with van der Waals surface area (Å²) in [5.74, 6) is 1.68. The van der Waals surface area contributed by atoms with Crippen molar-refractivity contribution in [1.82, 2.24) is 0 Å². The van der Waals surface area contributed by atoms with Crippen molar-refractivity contribution in [1.29, 1.82) is 0 Å². The van der Waals surface area contributed by atoms with Crippen LogP contribution in [0.25, 0.3) is 0 Å². The second kappa shape index (κ2) is 5.88. The van der Waals surface area contributed by atoms with Gasteiger partial charge in [-0.15, -0.1) is 0 Å². The molecule has 1 fully saturated rings. The summed E-state index contributed by atoms with van der Waals surface area (Å²) in [5.41, 5.74) is 0.932. The highest BCUT2D eigenvalue weighted by Crippen LogP contribution is 2.46. The summed E-state index contributed by atoms with van der Waals surface area (Å²) in [6.45, 7) is 8.49. The monoisotopic (exact) mass is 338 g/mol. The van der Waals surface area contributed by atoms with Crippen LogP contribution in [0.15, 0.2) is 22.7 Å². The van der Waals surface area contributed by atoms with Gasteiger partial charge in [0, 0.05) is 10.9 Å². The van der Waals surface area contributed by atoms with Gasteiger partial charge in [0.2, 0.25) is 0 Å². The molecule has 0 N–H and O–H groups in total. The first-order valence-corrected chi connectivity index (χ1v) is 8.23. The van der Waals surface area contributed by atoms with E-state index < -0.39 is 0 Å². The molecule has 1 aliphatic rings. The predicted molar refractivity (Wildman–Crippen MR) is 85.3 cm³/mol. The van der Waals surface area contributed by atoms with Gasteiger partial charge in [0.15, 0.2) is 0 Å². The summed E-state index contributed by atoms with van der Waals surface area (Å²) in [6, 6.07) is 6.12. The first kappa shape index (κ1) is 15.6. The minimum absolute atomic E-state index is 0.0312. The summed E-state index contributed by atoms with van der Waals surface area (Å²) >= 11 is 3.51. The van der Waals surface area contributed by atoms with E-state index in [0.717, 1.165) is 23.1 Å². The minimum atomic E-state index is -0.263. The molecule has 0 aliphatic heterocycles. The number of hydrogen-bond donors (Lipinski definition) is 0. The highest BCUT2D eigenvalue weighted by molar-refractivity contribution is 9.10. The molecular weight excluding hydrogens is 316 g/mol. The van der Waals surface area contributed by atoms with E-state index in [0.29, 0.717) is 18.1 Å². The third-order valence-electron chi connectivity index (χ3n) is 4.67. The van der Waals surface area contributed by atoms with Crippen LogP contribution >= 0.6 is 15.9 Å². The molecule has 1 aromatic rings. The van der Waals surface area contributed by atoms with Gasteiger partial charge in [0.25, 0.3) is 0 Å². The molecule has 2 nitrogen and oxygen atoms in total. The van der Waals surface area contributed by atoms with Crippen molar-refractivity contribution in [2.45, 2.75) is 59.0 Å². The maximum Gasteiger partial charge on any atom is 0.146 e. The van der Waals surface area contributed by atoms with Crippen molar-refractivity contribution < 1.29 is 9.53 Å². The summed E-state index contributed by atoms with van der Waals surface area (Å²) in [4.78, 5) is 12.0. The molecule has 0 radical (unpaired) electrons. The van der Waals surface area contributed by atoms with Crippen LogP contribution in [0.2, 0.25) is 0 Å². The molecule has 0 saturated heterocycles.